The molecular weight excluding hydrogens is 186 g/mol. The number of fused-ring (bicyclic) bond motifs is 1. The number of nitrogens with two attached hydrogens (primary N) is 1. The number of benzene rings is 1. The van der Waals surface area contributed by atoms with Gasteiger partial charge in [0, 0.05) is 11.1 Å². The van der Waals surface area contributed by atoms with Crippen LogP contribution in [0, 0.1) is 0 Å². The zero-order chi connectivity index (χ0) is 9.42. The van der Waals surface area contributed by atoms with Gasteiger partial charge >= 0.3 is 0 Å². The van der Waals surface area contributed by atoms with E-state index in [1.165, 1.54) is 11.3 Å². The van der Waals surface area contributed by atoms with Crippen LogP contribution in [-0.4, -0.2) is 10.2 Å². The van der Waals surface area contributed by atoms with E-state index in [1.807, 2.05) is 0 Å². The second-order valence-corrected chi connectivity index (χ2v) is 3.68. The quantitative estimate of drug-likeness (QED) is 0.479. The molecule has 0 spiro atoms. The second kappa shape index (κ2) is 2.90. The fourth-order valence-corrected chi connectivity index (χ4v) is 2.35. The Labute approximate surface area is 79.0 Å². The number of thiophene rings is 1. The molecule has 2 rings (SSSR count). The summed E-state index contributed by atoms with van der Waals surface area (Å²) in [6, 6.07) is 3.21. The zero-order valence-corrected chi connectivity index (χ0v) is 7.64. The highest BCUT2D eigenvalue weighted by Crippen LogP contribution is 2.36. The summed E-state index contributed by atoms with van der Waals surface area (Å²) < 4.78 is 0.740. The van der Waals surface area contributed by atoms with Crippen molar-refractivity contribution in [1.82, 2.24) is 0 Å². The molecule has 0 unspecified atom stereocenters. The molecule has 0 saturated carbocycles. The number of phenolic OH excluding ortho intramolecular Hbond substituents is 1. The van der Waals surface area contributed by atoms with E-state index in [0.717, 1.165) is 15.6 Å². The van der Waals surface area contributed by atoms with Gasteiger partial charge in [-0.05, 0) is 23.1 Å². The molecule has 0 bridgehead atoms. The minimum absolute atomic E-state index is 0.0480. The topological polar surface area (TPSA) is 66.5 Å². The molecule has 0 aliphatic carbocycles. The van der Waals surface area contributed by atoms with E-state index in [-0.39, 0.29) is 12.4 Å². The lowest BCUT2D eigenvalue weighted by atomic mass is 10.1. The van der Waals surface area contributed by atoms with Gasteiger partial charge in [0.25, 0.3) is 0 Å². The van der Waals surface area contributed by atoms with Crippen molar-refractivity contribution in [3.63, 3.8) is 0 Å². The fourth-order valence-electron chi connectivity index (χ4n) is 1.34. The van der Waals surface area contributed by atoms with Crippen molar-refractivity contribution in [3.05, 3.63) is 23.1 Å². The highest BCUT2D eigenvalue weighted by atomic mass is 32.1. The Morgan fingerprint density at radius 1 is 1.38 bits per heavy atom. The van der Waals surface area contributed by atoms with E-state index in [0.29, 0.717) is 5.69 Å². The molecule has 68 valence electrons. The van der Waals surface area contributed by atoms with Gasteiger partial charge in [0.15, 0.2) is 0 Å². The molecule has 0 saturated heterocycles. The van der Waals surface area contributed by atoms with Crippen LogP contribution in [0.3, 0.4) is 0 Å². The van der Waals surface area contributed by atoms with Gasteiger partial charge in [0.05, 0.1) is 11.3 Å². The first kappa shape index (κ1) is 8.34. The van der Waals surface area contributed by atoms with Crippen LogP contribution >= 0.6 is 11.3 Å². The molecule has 3 nitrogen and oxygen atoms in total. The molecule has 0 atom stereocenters. The summed E-state index contributed by atoms with van der Waals surface area (Å²) in [6.45, 7) is -0.0480. The maximum atomic E-state index is 9.48. The number of phenols is 1. The molecule has 1 aromatic carbocycles. The Balaban J connectivity index is 2.87. The maximum absolute atomic E-state index is 9.48. The Hall–Kier alpha value is -1.26. The third-order valence-electron chi connectivity index (χ3n) is 1.98. The third-order valence-corrected chi connectivity index (χ3v) is 3.03. The summed E-state index contributed by atoms with van der Waals surface area (Å²) in [5.74, 6) is 0.217. The van der Waals surface area contributed by atoms with Crippen molar-refractivity contribution in [2.45, 2.75) is 6.61 Å². The van der Waals surface area contributed by atoms with Crippen LogP contribution in [0.2, 0.25) is 0 Å². The van der Waals surface area contributed by atoms with Crippen LogP contribution in [0.1, 0.15) is 5.56 Å². The standard InChI is InChI=1S/C9H9NO2S/c10-6-1-2-7(12)9-8(6)5(3-11)4-13-9/h1-2,4,11-12H,3,10H2. The molecule has 4 heteroatoms. The highest BCUT2D eigenvalue weighted by Gasteiger charge is 2.09. The number of aliphatic hydroxyl groups excluding tert-OH is 1. The summed E-state index contributed by atoms with van der Waals surface area (Å²) in [4.78, 5) is 0. The molecule has 4 N–H and O–H groups in total. The first-order valence-corrected chi connectivity index (χ1v) is 4.70. The molecule has 0 aliphatic heterocycles. The van der Waals surface area contributed by atoms with Crippen LogP contribution in [-0.2, 0) is 6.61 Å². The van der Waals surface area contributed by atoms with Gasteiger partial charge < -0.3 is 15.9 Å². The molecule has 1 aromatic heterocycles. The van der Waals surface area contributed by atoms with Crippen LogP contribution in [0.5, 0.6) is 5.75 Å². The Morgan fingerprint density at radius 3 is 2.85 bits per heavy atom. The molecular formula is C9H9NO2S. The molecule has 0 radical (unpaired) electrons. The van der Waals surface area contributed by atoms with Gasteiger partial charge in [-0.1, -0.05) is 0 Å². The molecule has 0 fully saturated rings. The smallest absolute Gasteiger partial charge is 0.133 e. The first-order chi connectivity index (χ1) is 6.24. The van der Waals surface area contributed by atoms with Gasteiger partial charge in [-0.25, -0.2) is 0 Å². The first-order valence-electron chi connectivity index (χ1n) is 3.82. The summed E-state index contributed by atoms with van der Waals surface area (Å²) in [5, 5.41) is 21.1. The minimum Gasteiger partial charge on any atom is -0.506 e. The predicted octanol–water partition coefficient (Wildman–Crippen LogP) is 1.68. The van der Waals surface area contributed by atoms with E-state index >= 15 is 0 Å². The van der Waals surface area contributed by atoms with Crippen LogP contribution < -0.4 is 5.73 Å². The number of aliphatic hydroxyl groups is 1. The average molecular weight is 195 g/mol. The van der Waals surface area contributed by atoms with Crippen LogP contribution in [0.25, 0.3) is 10.1 Å². The van der Waals surface area contributed by atoms with E-state index in [1.54, 1.807) is 17.5 Å². The molecule has 0 amide bonds. The lowest BCUT2D eigenvalue weighted by Gasteiger charge is -2.00. The van der Waals surface area contributed by atoms with Crippen molar-refractivity contribution >= 4 is 27.1 Å². The SMILES string of the molecule is Nc1ccc(O)c2scc(CO)c12. The summed E-state index contributed by atoms with van der Waals surface area (Å²) in [6.07, 6.45) is 0. The van der Waals surface area contributed by atoms with Gasteiger partial charge in [0.1, 0.15) is 5.75 Å². The Kier molecular flexibility index (Phi) is 1.86. The van der Waals surface area contributed by atoms with E-state index in [9.17, 15) is 5.11 Å². The molecule has 1 heterocycles. The maximum Gasteiger partial charge on any atom is 0.133 e. The lowest BCUT2D eigenvalue weighted by molar-refractivity contribution is 0.284. The number of hydrogen-bond donors (Lipinski definition) is 3. The predicted molar refractivity (Wildman–Crippen MR) is 53.8 cm³/mol. The minimum atomic E-state index is -0.0480. The van der Waals surface area contributed by atoms with E-state index in [2.05, 4.69) is 0 Å². The number of hydrogen-bond acceptors (Lipinski definition) is 4. The largest absolute Gasteiger partial charge is 0.506 e. The zero-order valence-electron chi connectivity index (χ0n) is 6.82. The number of aromatic hydroxyl groups is 1. The number of anilines is 1. The van der Waals surface area contributed by atoms with E-state index in [4.69, 9.17) is 10.8 Å². The third kappa shape index (κ3) is 1.15. The second-order valence-electron chi connectivity index (χ2n) is 2.80. The van der Waals surface area contributed by atoms with Crippen molar-refractivity contribution in [1.29, 1.82) is 0 Å². The van der Waals surface area contributed by atoms with Crippen molar-refractivity contribution in [2.24, 2.45) is 0 Å². The van der Waals surface area contributed by atoms with Gasteiger partial charge in [-0.3, -0.25) is 0 Å². The molecule has 2 aromatic rings. The average Bonchev–Trinajstić information content (AvgIpc) is 2.56. The van der Waals surface area contributed by atoms with Crippen LogP contribution in [0.4, 0.5) is 5.69 Å². The number of rotatable bonds is 1. The fraction of sp³-hybridized carbons (Fsp3) is 0.111. The van der Waals surface area contributed by atoms with Crippen LogP contribution in [0.15, 0.2) is 17.5 Å². The summed E-state index contributed by atoms with van der Waals surface area (Å²) >= 11 is 1.39. The lowest BCUT2D eigenvalue weighted by Crippen LogP contribution is -1.88. The normalized spacial score (nSPS) is 10.8. The van der Waals surface area contributed by atoms with Gasteiger partial charge in [-0.15, -0.1) is 11.3 Å². The number of nitrogen functional groups attached to an aromatic ring is 1. The van der Waals surface area contributed by atoms with E-state index < -0.39 is 0 Å². The summed E-state index contributed by atoms with van der Waals surface area (Å²) in [5.41, 5.74) is 7.10. The molecule has 0 aliphatic rings. The van der Waals surface area contributed by atoms with Crippen molar-refractivity contribution in [3.8, 4) is 5.75 Å². The van der Waals surface area contributed by atoms with Gasteiger partial charge in [-0.2, -0.15) is 0 Å². The Bertz CT molecular complexity index is 450. The highest BCUT2D eigenvalue weighted by molar-refractivity contribution is 7.17. The monoisotopic (exact) mass is 195 g/mol. The summed E-state index contributed by atoms with van der Waals surface area (Å²) in [7, 11) is 0. The van der Waals surface area contributed by atoms with Crippen molar-refractivity contribution in [2.75, 3.05) is 5.73 Å². The Morgan fingerprint density at radius 2 is 2.15 bits per heavy atom. The van der Waals surface area contributed by atoms with Gasteiger partial charge in [0.2, 0.25) is 0 Å². The van der Waals surface area contributed by atoms with Crippen molar-refractivity contribution < 1.29 is 10.2 Å². The molecule has 13 heavy (non-hydrogen) atoms.